The van der Waals surface area contributed by atoms with E-state index < -0.39 is 0 Å². The van der Waals surface area contributed by atoms with Gasteiger partial charge in [0.1, 0.15) is 11.5 Å². The number of aromatic amines is 1. The maximum atomic E-state index is 12.6. The second-order valence-corrected chi connectivity index (χ2v) is 6.06. The molecule has 3 aromatic rings. The number of hydrogen-bond donors (Lipinski definition) is 2. The van der Waals surface area contributed by atoms with Crippen LogP contribution in [0.4, 0.5) is 11.8 Å². The normalized spacial score (nSPS) is 17.1. The summed E-state index contributed by atoms with van der Waals surface area (Å²) in [6.07, 6.45) is 8.43. The number of nitrogens with zero attached hydrogens (tertiary/aromatic N) is 6. The van der Waals surface area contributed by atoms with Crippen LogP contribution in [-0.2, 0) is 4.79 Å². The summed E-state index contributed by atoms with van der Waals surface area (Å²) in [6.45, 7) is 1.47. The third-order valence-corrected chi connectivity index (χ3v) is 4.29. The van der Waals surface area contributed by atoms with Crippen LogP contribution in [0.5, 0.6) is 0 Å². The SMILES string of the molecule is O=C(Nc1n[nH]c(-c2ccccn2)n1)[C@@H]1CCCN(c2cnccn2)C1. The summed E-state index contributed by atoms with van der Waals surface area (Å²) < 4.78 is 0. The Balaban J connectivity index is 1.41. The fraction of sp³-hybridized carbons (Fsp3) is 0.294. The highest BCUT2D eigenvalue weighted by Crippen LogP contribution is 2.22. The van der Waals surface area contributed by atoms with E-state index in [0.717, 1.165) is 25.2 Å². The van der Waals surface area contributed by atoms with Crippen molar-refractivity contribution in [3.05, 3.63) is 43.0 Å². The Bertz CT molecular complexity index is 867. The van der Waals surface area contributed by atoms with Crippen molar-refractivity contribution in [3.63, 3.8) is 0 Å². The van der Waals surface area contributed by atoms with Crippen LogP contribution in [0.25, 0.3) is 11.5 Å². The fourth-order valence-electron chi connectivity index (χ4n) is 3.00. The molecule has 0 spiro atoms. The zero-order chi connectivity index (χ0) is 17.8. The Kier molecular flexibility index (Phi) is 4.50. The second kappa shape index (κ2) is 7.26. The summed E-state index contributed by atoms with van der Waals surface area (Å²) in [5.41, 5.74) is 0.673. The minimum absolute atomic E-state index is 0.0924. The van der Waals surface area contributed by atoms with E-state index in [4.69, 9.17) is 0 Å². The first-order chi connectivity index (χ1) is 12.8. The van der Waals surface area contributed by atoms with Gasteiger partial charge in [0.25, 0.3) is 0 Å². The number of H-pyrrole nitrogens is 1. The molecule has 9 nitrogen and oxygen atoms in total. The third kappa shape index (κ3) is 3.51. The van der Waals surface area contributed by atoms with Crippen LogP contribution in [0.15, 0.2) is 43.0 Å². The summed E-state index contributed by atoms with van der Waals surface area (Å²) in [5.74, 6) is 1.33. The molecule has 9 heteroatoms. The summed E-state index contributed by atoms with van der Waals surface area (Å²) >= 11 is 0. The quantitative estimate of drug-likeness (QED) is 0.733. The number of carbonyl (C=O) groups is 1. The van der Waals surface area contributed by atoms with Crippen molar-refractivity contribution in [1.82, 2.24) is 30.1 Å². The van der Waals surface area contributed by atoms with Crippen molar-refractivity contribution in [1.29, 1.82) is 0 Å². The summed E-state index contributed by atoms with van der Waals surface area (Å²) in [5, 5.41) is 9.65. The molecule has 3 aromatic heterocycles. The maximum Gasteiger partial charge on any atom is 0.249 e. The zero-order valence-corrected chi connectivity index (χ0v) is 14.0. The highest BCUT2D eigenvalue weighted by molar-refractivity contribution is 5.91. The Morgan fingerprint density at radius 2 is 2.19 bits per heavy atom. The van der Waals surface area contributed by atoms with E-state index in [1.165, 1.54) is 0 Å². The van der Waals surface area contributed by atoms with Gasteiger partial charge in [-0.1, -0.05) is 6.07 Å². The maximum absolute atomic E-state index is 12.6. The molecular weight excluding hydrogens is 332 g/mol. The van der Waals surface area contributed by atoms with Gasteiger partial charge < -0.3 is 4.90 Å². The number of amides is 1. The van der Waals surface area contributed by atoms with Gasteiger partial charge >= 0.3 is 0 Å². The zero-order valence-electron chi connectivity index (χ0n) is 14.0. The highest BCUT2D eigenvalue weighted by Gasteiger charge is 2.27. The van der Waals surface area contributed by atoms with Gasteiger partial charge in [0, 0.05) is 31.7 Å². The van der Waals surface area contributed by atoms with Crippen LogP contribution in [0, 0.1) is 5.92 Å². The number of rotatable bonds is 4. The smallest absolute Gasteiger partial charge is 0.249 e. The molecule has 1 fully saturated rings. The molecule has 0 unspecified atom stereocenters. The molecule has 0 aromatic carbocycles. The van der Waals surface area contributed by atoms with Gasteiger partial charge in [-0.2, -0.15) is 4.98 Å². The highest BCUT2D eigenvalue weighted by atomic mass is 16.2. The molecule has 1 saturated heterocycles. The summed E-state index contributed by atoms with van der Waals surface area (Å²) in [7, 11) is 0. The minimum atomic E-state index is -0.150. The molecule has 4 heterocycles. The largest absolute Gasteiger partial charge is 0.355 e. The molecule has 0 radical (unpaired) electrons. The van der Waals surface area contributed by atoms with Gasteiger partial charge in [-0.3, -0.25) is 25.2 Å². The average Bonchev–Trinajstić information content (AvgIpc) is 3.18. The molecule has 132 valence electrons. The van der Waals surface area contributed by atoms with Gasteiger partial charge in [0.2, 0.25) is 11.9 Å². The third-order valence-electron chi connectivity index (χ3n) is 4.29. The van der Waals surface area contributed by atoms with Gasteiger partial charge in [-0.05, 0) is 25.0 Å². The van der Waals surface area contributed by atoms with Crippen LogP contribution in [0.2, 0.25) is 0 Å². The van der Waals surface area contributed by atoms with E-state index in [1.807, 2.05) is 18.2 Å². The lowest BCUT2D eigenvalue weighted by atomic mass is 9.97. The summed E-state index contributed by atoms with van der Waals surface area (Å²) in [4.78, 5) is 31.6. The van der Waals surface area contributed by atoms with Gasteiger partial charge in [0.15, 0.2) is 5.82 Å². The van der Waals surface area contributed by atoms with Crippen molar-refractivity contribution in [3.8, 4) is 11.5 Å². The number of piperidine rings is 1. The lowest BCUT2D eigenvalue weighted by molar-refractivity contribution is -0.120. The topological polar surface area (TPSA) is 113 Å². The van der Waals surface area contributed by atoms with Crippen LogP contribution in [0.3, 0.4) is 0 Å². The second-order valence-electron chi connectivity index (χ2n) is 6.06. The molecule has 26 heavy (non-hydrogen) atoms. The molecule has 0 saturated carbocycles. The van der Waals surface area contributed by atoms with Gasteiger partial charge in [-0.25, -0.2) is 4.98 Å². The summed E-state index contributed by atoms with van der Waals surface area (Å²) in [6, 6.07) is 5.52. The van der Waals surface area contributed by atoms with Crippen LogP contribution in [-0.4, -0.2) is 49.1 Å². The van der Waals surface area contributed by atoms with Gasteiger partial charge in [0.05, 0.1) is 12.1 Å². The number of aromatic nitrogens is 6. The minimum Gasteiger partial charge on any atom is -0.355 e. The number of nitrogens with one attached hydrogen (secondary N) is 2. The van der Waals surface area contributed by atoms with Crippen molar-refractivity contribution in [2.75, 3.05) is 23.3 Å². The van der Waals surface area contributed by atoms with E-state index in [-0.39, 0.29) is 17.8 Å². The molecule has 1 atom stereocenters. The molecule has 1 amide bonds. The number of pyridine rings is 1. The Labute approximate surface area is 149 Å². The standard InChI is InChI=1S/C17H18N8O/c26-16(12-4-3-9-25(11-12)14-10-18-7-8-20-14)22-17-21-15(23-24-17)13-5-1-2-6-19-13/h1-2,5-8,10,12H,3-4,9,11H2,(H2,21,22,23,24,26)/t12-/m1/s1. The van der Waals surface area contributed by atoms with Crippen molar-refractivity contribution in [2.45, 2.75) is 12.8 Å². The van der Waals surface area contributed by atoms with E-state index in [1.54, 1.807) is 24.8 Å². The number of anilines is 2. The molecule has 1 aliphatic rings. The van der Waals surface area contributed by atoms with Crippen LogP contribution in [0.1, 0.15) is 12.8 Å². The Morgan fingerprint density at radius 1 is 1.23 bits per heavy atom. The lowest BCUT2D eigenvalue weighted by Crippen LogP contribution is -2.41. The fourth-order valence-corrected chi connectivity index (χ4v) is 3.00. The van der Waals surface area contributed by atoms with Crippen LogP contribution >= 0.6 is 0 Å². The molecule has 0 bridgehead atoms. The number of hydrogen-bond acceptors (Lipinski definition) is 7. The molecule has 1 aliphatic heterocycles. The molecule has 0 aliphatic carbocycles. The number of carbonyl (C=O) groups excluding carboxylic acids is 1. The molecule has 4 rings (SSSR count). The van der Waals surface area contributed by atoms with Gasteiger partial charge in [-0.15, -0.1) is 5.10 Å². The predicted molar refractivity (Wildman–Crippen MR) is 95.2 cm³/mol. The van der Waals surface area contributed by atoms with E-state index in [0.29, 0.717) is 18.1 Å². The first-order valence-corrected chi connectivity index (χ1v) is 8.45. The van der Waals surface area contributed by atoms with Crippen LogP contribution < -0.4 is 10.2 Å². The van der Waals surface area contributed by atoms with Crippen molar-refractivity contribution in [2.24, 2.45) is 5.92 Å². The first kappa shape index (κ1) is 16.1. The Morgan fingerprint density at radius 3 is 3.00 bits per heavy atom. The lowest BCUT2D eigenvalue weighted by Gasteiger charge is -2.32. The molecule has 2 N–H and O–H groups in total. The molecular formula is C17H18N8O. The van der Waals surface area contributed by atoms with Crippen molar-refractivity contribution >= 4 is 17.7 Å². The van der Waals surface area contributed by atoms with E-state index in [9.17, 15) is 4.79 Å². The average molecular weight is 350 g/mol. The van der Waals surface area contributed by atoms with Crippen molar-refractivity contribution < 1.29 is 4.79 Å². The van der Waals surface area contributed by atoms with E-state index >= 15 is 0 Å². The monoisotopic (exact) mass is 350 g/mol. The predicted octanol–water partition coefficient (Wildman–Crippen LogP) is 1.51. The first-order valence-electron chi connectivity index (χ1n) is 8.45. The van der Waals surface area contributed by atoms with E-state index in [2.05, 4.69) is 40.3 Å². The Hall–Kier alpha value is -3.36.